The van der Waals surface area contributed by atoms with Crippen molar-refractivity contribution >= 4 is 21.9 Å². The highest BCUT2D eigenvalue weighted by Gasteiger charge is 2.33. The number of hydrogen-bond acceptors (Lipinski definition) is 7. The van der Waals surface area contributed by atoms with Crippen LogP contribution in [0.1, 0.15) is 46.6 Å². The van der Waals surface area contributed by atoms with E-state index in [0.717, 1.165) is 8.87 Å². The maximum atomic E-state index is 13.3. The predicted octanol–water partition coefficient (Wildman–Crippen LogP) is 1.62. The van der Waals surface area contributed by atoms with Crippen molar-refractivity contribution in [2.45, 2.75) is 25.0 Å². The minimum Gasteiger partial charge on any atom is -0.501 e. The third kappa shape index (κ3) is 4.91. The molecule has 0 radical (unpaired) electrons. The molecule has 1 saturated heterocycles. The lowest BCUT2D eigenvalue weighted by atomic mass is 9.95. The van der Waals surface area contributed by atoms with E-state index in [9.17, 15) is 28.2 Å². The molecule has 0 aliphatic carbocycles. The highest BCUT2D eigenvalue weighted by atomic mass is 32.2. The first-order chi connectivity index (χ1) is 16.7. The van der Waals surface area contributed by atoms with Crippen LogP contribution in [0.3, 0.4) is 0 Å². The smallest absolute Gasteiger partial charge is 0.297 e. The molecule has 1 aromatic heterocycles. The molecule has 1 fully saturated rings. The number of benzene rings is 2. The van der Waals surface area contributed by atoms with Crippen LogP contribution in [0, 0.1) is 0 Å². The molecular formula is C24H26N4O6S. The number of aliphatic hydroxyl groups is 1. The number of hydrogen-bond donors (Lipinski definition) is 3. The fourth-order valence-electron chi connectivity index (χ4n) is 4.03. The summed E-state index contributed by atoms with van der Waals surface area (Å²) >= 11 is 0. The lowest BCUT2D eigenvalue weighted by Crippen LogP contribution is -2.42. The molecule has 1 aliphatic rings. The van der Waals surface area contributed by atoms with Crippen LogP contribution in [-0.4, -0.2) is 46.4 Å². The maximum Gasteiger partial charge on any atom is 0.297 e. The summed E-state index contributed by atoms with van der Waals surface area (Å²) in [6, 6.07) is 16.5. The lowest BCUT2D eigenvalue weighted by molar-refractivity contribution is 0.0823. The fourth-order valence-corrected chi connectivity index (χ4v) is 5.64. The van der Waals surface area contributed by atoms with Crippen molar-refractivity contribution in [2.24, 2.45) is 7.05 Å². The molecule has 10 nitrogen and oxygen atoms in total. The molecule has 2 aromatic carbocycles. The van der Waals surface area contributed by atoms with Gasteiger partial charge >= 0.3 is 0 Å². The average molecular weight is 499 g/mol. The third-order valence-electron chi connectivity index (χ3n) is 5.93. The summed E-state index contributed by atoms with van der Waals surface area (Å²) in [5, 5.41) is 24.2. The van der Waals surface area contributed by atoms with E-state index in [2.05, 4.69) is 10.3 Å². The van der Waals surface area contributed by atoms with E-state index in [4.69, 9.17) is 0 Å². The van der Waals surface area contributed by atoms with Crippen LogP contribution in [0.5, 0.6) is 5.75 Å². The summed E-state index contributed by atoms with van der Waals surface area (Å²) in [4.78, 5) is 30.1. The SMILES string of the molecule is Cn1c(N2CCCCS2(=O)=O)nc(C(=O)N[C@H](c2ccccc2)[C@@H](O)c2ccccc2)c(O)c1=O. The largest absolute Gasteiger partial charge is 0.501 e. The van der Waals surface area contributed by atoms with Gasteiger partial charge in [-0.1, -0.05) is 60.7 Å². The van der Waals surface area contributed by atoms with Gasteiger partial charge in [0.25, 0.3) is 11.5 Å². The van der Waals surface area contributed by atoms with Gasteiger partial charge in [0.2, 0.25) is 21.7 Å². The molecule has 3 N–H and O–H groups in total. The molecule has 2 heterocycles. The molecule has 0 bridgehead atoms. The molecule has 0 saturated carbocycles. The second kappa shape index (κ2) is 9.88. The van der Waals surface area contributed by atoms with Gasteiger partial charge in [-0.15, -0.1) is 0 Å². The zero-order valence-electron chi connectivity index (χ0n) is 19.0. The summed E-state index contributed by atoms with van der Waals surface area (Å²) in [5.41, 5.74) is -0.451. The zero-order chi connectivity index (χ0) is 25.2. The lowest BCUT2D eigenvalue weighted by Gasteiger charge is -2.29. The van der Waals surface area contributed by atoms with Crippen LogP contribution in [0.15, 0.2) is 65.5 Å². The highest BCUT2D eigenvalue weighted by molar-refractivity contribution is 7.92. The van der Waals surface area contributed by atoms with Gasteiger partial charge in [0, 0.05) is 13.6 Å². The summed E-state index contributed by atoms with van der Waals surface area (Å²) < 4.78 is 27.1. The van der Waals surface area contributed by atoms with Gasteiger partial charge in [0.05, 0.1) is 11.8 Å². The predicted molar refractivity (Wildman–Crippen MR) is 130 cm³/mol. The number of amides is 1. The Hall–Kier alpha value is -3.70. The number of nitrogens with zero attached hydrogens (tertiary/aromatic N) is 3. The van der Waals surface area contributed by atoms with Gasteiger partial charge in [-0.05, 0) is 24.0 Å². The standard InChI is InChI=1S/C24H26N4O6S/c1-27-23(32)21(30)19(26-24(27)28-14-8-9-15-35(28,33)34)22(31)25-18(16-10-4-2-5-11-16)20(29)17-12-6-3-7-13-17/h2-7,10-13,18,20,29-30H,8-9,14-15H2,1H3,(H,25,31)/t18-,20+/m1/s1. The minimum absolute atomic E-state index is 0.105. The van der Waals surface area contributed by atoms with E-state index < -0.39 is 45.1 Å². The maximum absolute atomic E-state index is 13.3. The number of aromatic hydroxyl groups is 1. The molecule has 0 unspecified atom stereocenters. The minimum atomic E-state index is -3.73. The number of carbonyl (C=O) groups excluding carboxylic acids is 1. The van der Waals surface area contributed by atoms with Crippen LogP contribution < -0.4 is 15.2 Å². The molecular weight excluding hydrogens is 472 g/mol. The van der Waals surface area contributed by atoms with Gasteiger partial charge in [-0.2, -0.15) is 0 Å². The van der Waals surface area contributed by atoms with Crippen LogP contribution in [0.2, 0.25) is 0 Å². The Morgan fingerprint density at radius 3 is 2.23 bits per heavy atom. The highest BCUT2D eigenvalue weighted by Crippen LogP contribution is 2.30. The number of nitrogens with one attached hydrogen (secondary N) is 1. The van der Waals surface area contributed by atoms with Crippen molar-refractivity contribution in [1.82, 2.24) is 14.9 Å². The molecule has 0 spiro atoms. The fraction of sp³-hybridized carbons (Fsp3) is 0.292. The summed E-state index contributed by atoms with van der Waals surface area (Å²) in [6.07, 6.45) is -0.108. The van der Waals surface area contributed by atoms with Gasteiger partial charge < -0.3 is 15.5 Å². The molecule has 4 rings (SSSR count). The van der Waals surface area contributed by atoms with Gasteiger partial charge in [-0.25, -0.2) is 17.7 Å². The van der Waals surface area contributed by atoms with Crippen LogP contribution in [-0.2, 0) is 17.1 Å². The van der Waals surface area contributed by atoms with Crippen LogP contribution in [0.25, 0.3) is 0 Å². The quantitative estimate of drug-likeness (QED) is 0.469. The van der Waals surface area contributed by atoms with Crippen molar-refractivity contribution in [1.29, 1.82) is 0 Å². The van der Waals surface area contributed by atoms with Gasteiger partial charge in [-0.3, -0.25) is 14.2 Å². The molecule has 1 amide bonds. The molecule has 3 aromatic rings. The second-order valence-electron chi connectivity index (χ2n) is 8.29. The van der Waals surface area contributed by atoms with E-state index >= 15 is 0 Å². The van der Waals surface area contributed by atoms with E-state index in [1.165, 1.54) is 7.05 Å². The number of rotatable bonds is 6. The topological polar surface area (TPSA) is 142 Å². The Bertz CT molecular complexity index is 1380. The van der Waals surface area contributed by atoms with Crippen molar-refractivity contribution in [3.63, 3.8) is 0 Å². The Morgan fingerprint density at radius 1 is 1.03 bits per heavy atom. The summed E-state index contributed by atoms with van der Waals surface area (Å²) in [7, 11) is -2.45. The molecule has 2 atom stereocenters. The van der Waals surface area contributed by atoms with Crippen molar-refractivity contribution in [3.05, 3.63) is 87.8 Å². The summed E-state index contributed by atoms with van der Waals surface area (Å²) in [6.45, 7) is 0.105. The first-order valence-corrected chi connectivity index (χ1v) is 12.7. The Morgan fingerprint density at radius 2 is 1.63 bits per heavy atom. The monoisotopic (exact) mass is 498 g/mol. The number of anilines is 1. The molecule has 184 valence electrons. The molecule has 35 heavy (non-hydrogen) atoms. The number of carbonyl (C=O) groups is 1. The van der Waals surface area contributed by atoms with E-state index in [1.54, 1.807) is 60.7 Å². The van der Waals surface area contributed by atoms with Gasteiger partial charge in [0.1, 0.15) is 6.10 Å². The van der Waals surface area contributed by atoms with Crippen molar-refractivity contribution < 1.29 is 23.4 Å². The number of sulfonamides is 1. The molecule has 1 aliphatic heterocycles. The number of aliphatic hydroxyl groups excluding tert-OH is 1. The first kappa shape index (κ1) is 24.4. The van der Waals surface area contributed by atoms with E-state index in [-0.39, 0.29) is 18.2 Å². The van der Waals surface area contributed by atoms with Crippen LogP contribution >= 0.6 is 0 Å². The Kier molecular flexibility index (Phi) is 6.90. The first-order valence-electron chi connectivity index (χ1n) is 11.1. The number of aromatic nitrogens is 2. The van der Waals surface area contributed by atoms with E-state index in [0.29, 0.717) is 24.0 Å². The summed E-state index contributed by atoms with van der Waals surface area (Å²) in [5.74, 6) is -2.20. The second-order valence-corrected chi connectivity index (χ2v) is 10.3. The average Bonchev–Trinajstić information content (AvgIpc) is 2.87. The van der Waals surface area contributed by atoms with Crippen molar-refractivity contribution in [2.75, 3.05) is 16.6 Å². The van der Waals surface area contributed by atoms with Gasteiger partial charge in [0.15, 0.2) is 5.69 Å². The zero-order valence-corrected chi connectivity index (χ0v) is 19.9. The molecule has 11 heteroatoms. The van der Waals surface area contributed by atoms with E-state index in [1.807, 2.05) is 0 Å². The Balaban J connectivity index is 1.74. The van der Waals surface area contributed by atoms with Crippen LogP contribution in [0.4, 0.5) is 5.95 Å². The normalized spacial score (nSPS) is 16.9. The third-order valence-corrected chi connectivity index (χ3v) is 7.75. The van der Waals surface area contributed by atoms with Crippen molar-refractivity contribution in [3.8, 4) is 5.75 Å². The Labute approximate surface area is 202 Å².